The molecule has 2 aliphatic rings. The van der Waals surface area contributed by atoms with Gasteiger partial charge in [-0.3, -0.25) is 10.1 Å². The fourth-order valence-corrected chi connectivity index (χ4v) is 6.80. The van der Waals surface area contributed by atoms with Crippen LogP contribution >= 0.6 is 24.0 Å². The van der Waals surface area contributed by atoms with Gasteiger partial charge in [-0.15, -0.1) is 17.9 Å². The minimum Gasteiger partial charge on any atom is -0.489 e. The Labute approximate surface area is 300 Å². The molecule has 1 unspecified atom stereocenters. The smallest absolute Gasteiger partial charge is 0.427 e. The summed E-state index contributed by atoms with van der Waals surface area (Å²) in [7, 11) is 0. The van der Waals surface area contributed by atoms with E-state index >= 15 is 4.39 Å². The van der Waals surface area contributed by atoms with Gasteiger partial charge in [-0.25, -0.2) is 14.2 Å². The molecule has 1 saturated heterocycles. The van der Waals surface area contributed by atoms with Crippen molar-refractivity contribution in [1.82, 2.24) is 25.7 Å². The van der Waals surface area contributed by atoms with Crippen LogP contribution in [0, 0.1) is 5.82 Å². The van der Waals surface area contributed by atoms with Crippen LogP contribution in [0.25, 0.3) is 33.5 Å². The first kappa shape index (κ1) is 35.2. The zero-order valence-electron chi connectivity index (χ0n) is 27.7. The molecule has 3 N–H and O–H groups in total. The summed E-state index contributed by atoms with van der Waals surface area (Å²) in [5.74, 6) is 0.272. The van der Waals surface area contributed by atoms with Crippen LogP contribution in [0.4, 0.5) is 9.18 Å². The van der Waals surface area contributed by atoms with Crippen LogP contribution in [0.5, 0.6) is 5.75 Å². The van der Waals surface area contributed by atoms with E-state index in [0.717, 1.165) is 53.5 Å². The van der Waals surface area contributed by atoms with E-state index in [-0.39, 0.29) is 37.0 Å². The van der Waals surface area contributed by atoms with E-state index in [1.54, 1.807) is 18.2 Å². The largest absolute Gasteiger partial charge is 0.489 e. The minimum absolute atomic E-state index is 0. The number of nitrogens with one attached hydrogen (secondary N) is 3. The Hall–Kier alpha value is -4.64. The molecule has 0 spiro atoms. The average molecular weight is 719 g/mol. The number of ether oxygens (including phenoxy) is 1. The Morgan fingerprint density at radius 1 is 1.02 bits per heavy atom. The maximum Gasteiger partial charge on any atom is 0.427 e. The number of hydrogen-bond acceptors (Lipinski definition) is 6. The summed E-state index contributed by atoms with van der Waals surface area (Å²) in [6, 6.07) is 23.8. The molecule has 0 radical (unpaired) electrons. The highest BCUT2D eigenvalue weighted by atomic mass is 35.5. The average Bonchev–Trinajstić information content (AvgIpc) is 3.71. The van der Waals surface area contributed by atoms with Crippen molar-refractivity contribution >= 4 is 47.0 Å². The van der Waals surface area contributed by atoms with Gasteiger partial charge >= 0.3 is 6.09 Å². The van der Waals surface area contributed by atoms with E-state index < -0.39 is 18.1 Å². The summed E-state index contributed by atoms with van der Waals surface area (Å²) in [6.07, 6.45) is 4.31. The first-order chi connectivity index (χ1) is 23.7. The maximum absolute atomic E-state index is 16.1. The SMILES string of the molecule is CC(C)NC(=O)c1ccc(-c2ccc(Cl)cc2)c(COc2ccc(-c3nc4cc(C5NOC(=O)N5)ccc4n3C3CCCCC3)c(F)c2)c1.Cl. The Morgan fingerprint density at radius 2 is 1.78 bits per heavy atom. The van der Waals surface area contributed by atoms with Gasteiger partial charge in [0.25, 0.3) is 5.91 Å². The third-order valence-electron chi connectivity index (χ3n) is 9.04. The number of fused-ring (bicyclic) bond motifs is 1. The van der Waals surface area contributed by atoms with Gasteiger partial charge in [-0.2, -0.15) is 0 Å². The first-order valence-electron chi connectivity index (χ1n) is 16.6. The number of aromatic nitrogens is 2. The number of amides is 2. The quantitative estimate of drug-likeness (QED) is 0.141. The number of carbonyl (C=O) groups excluding carboxylic acids is 2. The van der Waals surface area contributed by atoms with Crippen molar-refractivity contribution in [1.29, 1.82) is 0 Å². The molecule has 260 valence electrons. The molecule has 5 aromatic rings. The van der Waals surface area contributed by atoms with Gasteiger partial charge in [-0.05, 0) is 97.5 Å². The zero-order chi connectivity index (χ0) is 34.1. The van der Waals surface area contributed by atoms with E-state index in [1.807, 2.05) is 68.4 Å². The molecule has 12 heteroatoms. The van der Waals surface area contributed by atoms with Gasteiger partial charge < -0.3 is 19.5 Å². The van der Waals surface area contributed by atoms with E-state index in [4.69, 9.17) is 26.2 Å². The van der Waals surface area contributed by atoms with E-state index in [1.165, 1.54) is 12.5 Å². The van der Waals surface area contributed by atoms with Gasteiger partial charge in [0.15, 0.2) is 0 Å². The number of halogens is 3. The van der Waals surface area contributed by atoms with Crippen molar-refractivity contribution < 1.29 is 23.6 Å². The Morgan fingerprint density at radius 3 is 2.48 bits per heavy atom. The second-order valence-electron chi connectivity index (χ2n) is 12.9. The van der Waals surface area contributed by atoms with Crippen molar-refractivity contribution in [2.24, 2.45) is 0 Å². The lowest BCUT2D eigenvalue weighted by Crippen LogP contribution is -2.30. The molecule has 50 heavy (non-hydrogen) atoms. The van der Waals surface area contributed by atoms with Crippen molar-refractivity contribution in [2.45, 2.75) is 70.8 Å². The molecular formula is C38H38Cl2FN5O4. The minimum atomic E-state index is -0.548. The molecule has 1 aliphatic heterocycles. The lowest BCUT2D eigenvalue weighted by molar-refractivity contribution is 0.0942. The van der Waals surface area contributed by atoms with Crippen LogP contribution in [0.3, 0.4) is 0 Å². The number of rotatable bonds is 9. The fraction of sp³-hybridized carbons (Fsp3) is 0.289. The second-order valence-corrected chi connectivity index (χ2v) is 13.3. The normalized spacial score (nSPS) is 16.2. The highest BCUT2D eigenvalue weighted by molar-refractivity contribution is 6.30. The third kappa shape index (κ3) is 7.43. The molecule has 1 aliphatic carbocycles. The van der Waals surface area contributed by atoms with Crippen molar-refractivity contribution in [3.05, 3.63) is 106 Å². The number of carbonyl (C=O) groups is 2. The third-order valence-corrected chi connectivity index (χ3v) is 9.29. The molecule has 1 saturated carbocycles. The highest BCUT2D eigenvalue weighted by Gasteiger charge is 2.27. The molecule has 9 nitrogen and oxygen atoms in total. The second kappa shape index (κ2) is 15.1. The van der Waals surface area contributed by atoms with Gasteiger partial charge in [-0.1, -0.05) is 55.1 Å². The summed E-state index contributed by atoms with van der Waals surface area (Å²) >= 11 is 6.14. The number of benzene rings is 4. The Balaban J connectivity index is 0.00000432. The molecule has 2 fully saturated rings. The van der Waals surface area contributed by atoms with Crippen molar-refractivity contribution in [2.75, 3.05) is 0 Å². The molecule has 1 atom stereocenters. The summed E-state index contributed by atoms with van der Waals surface area (Å²) in [5.41, 5.74) is 8.54. The summed E-state index contributed by atoms with van der Waals surface area (Å²) in [4.78, 5) is 34.3. The molecule has 1 aromatic heterocycles. The van der Waals surface area contributed by atoms with Gasteiger partial charge in [0.2, 0.25) is 0 Å². The predicted molar refractivity (Wildman–Crippen MR) is 194 cm³/mol. The van der Waals surface area contributed by atoms with E-state index in [0.29, 0.717) is 33.2 Å². The van der Waals surface area contributed by atoms with Crippen molar-refractivity contribution in [3.63, 3.8) is 0 Å². The lowest BCUT2D eigenvalue weighted by atomic mass is 9.94. The summed E-state index contributed by atoms with van der Waals surface area (Å²) in [5, 5.41) is 6.27. The van der Waals surface area contributed by atoms with Gasteiger partial charge in [0.05, 0.1) is 16.6 Å². The number of hydroxylamine groups is 1. The maximum atomic E-state index is 16.1. The van der Waals surface area contributed by atoms with E-state index in [2.05, 4.69) is 20.7 Å². The molecule has 0 bridgehead atoms. The molecule has 4 aromatic carbocycles. The molecule has 7 rings (SSSR count). The van der Waals surface area contributed by atoms with Crippen LogP contribution in [-0.2, 0) is 11.4 Å². The predicted octanol–water partition coefficient (Wildman–Crippen LogP) is 9.05. The number of hydrogen-bond donors (Lipinski definition) is 3. The van der Waals surface area contributed by atoms with Crippen molar-refractivity contribution in [3.8, 4) is 28.3 Å². The Kier molecular flexibility index (Phi) is 10.6. The molecule has 2 heterocycles. The number of nitrogens with zero attached hydrogens (tertiary/aromatic N) is 2. The van der Waals surface area contributed by atoms with Crippen LogP contribution in [0.15, 0.2) is 78.9 Å². The highest BCUT2D eigenvalue weighted by Crippen LogP contribution is 2.38. The molecule has 2 amide bonds. The van der Waals surface area contributed by atoms with Crippen LogP contribution in [0.1, 0.15) is 79.6 Å². The summed E-state index contributed by atoms with van der Waals surface area (Å²) in [6.45, 7) is 3.93. The standard InChI is InChI=1S/C38H37ClFN5O4.ClH/c1-22(2)41-37(46)25-10-15-30(23-8-12-27(39)13-9-23)26(18-25)21-48-29-14-16-31(32(40)20-29)36-42-33-19-24(35-43-38(47)49-44-35)11-17-34(33)45(36)28-6-4-3-5-7-28;/h8-20,22,28,35,44H,3-7,21H2,1-2H3,(H,41,46)(H,43,47);1H. The number of imidazole rings is 1. The molecular weight excluding hydrogens is 680 g/mol. The summed E-state index contributed by atoms with van der Waals surface area (Å²) < 4.78 is 24.4. The van der Waals surface area contributed by atoms with Crippen LogP contribution < -0.4 is 20.9 Å². The zero-order valence-corrected chi connectivity index (χ0v) is 29.2. The van der Waals surface area contributed by atoms with Crippen LogP contribution in [0.2, 0.25) is 5.02 Å². The van der Waals surface area contributed by atoms with E-state index in [9.17, 15) is 9.59 Å². The fourth-order valence-electron chi connectivity index (χ4n) is 6.67. The topological polar surface area (TPSA) is 107 Å². The Bertz CT molecular complexity index is 2030. The lowest BCUT2D eigenvalue weighted by Gasteiger charge is -2.26. The van der Waals surface area contributed by atoms with Gasteiger partial charge in [0, 0.05) is 28.7 Å². The first-order valence-corrected chi connectivity index (χ1v) is 17.0. The van der Waals surface area contributed by atoms with Gasteiger partial charge in [0.1, 0.15) is 30.2 Å². The van der Waals surface area contributed by atoms with Crippen LogP contribution in [-0.4, -0.2) is 27.6 Å². The monoisotopic (exact) mass is 717 g/mol.